The fourth-order valence-electron chi connectivity index (χ4n) is 2.93. The standard InChI is InChI=1S/C18H21BrN4O/c1-13-4-5-16(15(19)9-13)22-18(24)12-23-8-7-21-11-17(23)14-3-2-6-20-10-14/h2-6,9-10,17,21H,7-8,11-12H2,1H3,(H,22,24). The Morgan fingerprint density at radius 1 is 1.46 bits per heavy atom. The number of anilines is 1. The molecule has 5 nitrogen and oxygen atoms in total. The summed E-state index contributed by atoms with van der Waals surface area (Å²) < 4.78 is 0.903. The quantitative estimate of drug-likeness (QED) is 0.845. The predicted molar refractivity (Wildman–Crippen MR) is 98.9 cm³/mol. The Hall–Kier alpha value is -1.76. The average Bonchev–Trinajstić information content (AvgIpc) is 2.59. The number of hydrogen-bond donors (Lipinski definition) is 2. The summed E-state index contributed by atoms with van der Waals surface area (Å²) in [5.74, 6) is -0.00431. The van der Waals surface area contributed by atoms with Gasteiger partial charge in [0.1, 0.15) is 0 Å². The molecule has 0 saturated carbocycles. The number of aryl methyl sites for hydroxylation is 1. The van der Waals surface area contributed by atoms with Gasteiger partial charge in [0, 0.05) is 42.5 Å². The van der Waals surface area contributed by atoms with Gasteiger partial charge in [0.25, 0.3) is 0 Å². The zero-order valence-corrected chi connectivity index (χ0v) is 15.2. The Labute approximate surface area is 150 Å². The van der Waals surface area contributed by atoms with Gasteiger partial charge < -0.3 is 10.6 Å². The molecule has 3 rings (SSSR count). The van der Waals surface area contributed by atoms with Crippen LogP contribution in [-0.4, -0.2) is 42.0 Å². The molecular formula is C18H21BrN4O. The molecule has 1 aliphatic rings. The van der Waals surface area contributed by atoms with Crippen LogP contribution in [0.1, 0.15) is 17.2 Å². The minimum absolute atomic E-state index is 0.00431. The molecule has 1 aromatic heterocycles. The third-order valence-corrected chi connectivity index (χ3v) is 4.82. The van der Waals surface area contributed by atoms with Crippen LogP contribution in [0.15, 0.2) is 47.2 Å². The van der Waals surface area contributed by atoms with E-state index in [1.54, 1.807) is 6.20 Å². The maximum atomic E-state index is 12.5. The van der Waals surface area contributed by atoms with Crippen molar-refractivity contribution in [1.82, 2.24) is 15.2 Å². The van der Waals surface area contributed by atoms with Gasteiger partial charge in [-0.2, -0.15) is 0 Å². The van der Waals surface area contributed by atoms with E-state index in [0.29, 0.717) is 6.54 Å². The Balaban J connectivity index is 1.67. The van der Waals surface area contributed by atoms with Gasteiger partial charge in [0.15, 0.2) is 0 Å². The Bertz CT molecular complexity index is 707. The molecule has 1 atom stereocenters. The van der Waals surface area contributed by atoms with Crippen LogP contribution in [0.4, 0.5) is 5.69 Å². The largest absolute Gasteiger partial charge is 0.324 e. The SMILES string of the molecule is Cc1ccc(NC(=O)CN2CCNCC2c2cccnc2)c(Br)c1. The number of halogens is 1. The van der Waals surface area contributed by atoms with E-state index in [2.05, 4.69) is 42.5 Å². The molecule has 1 unspecified atom stereocenters. The van der Waals surface area contributed by atoms with Crippen LogP contribution >= 0.6 is 15.9 Å². The zero-order valence-electron chi connectivity index (χ0n) is 13.6. The molecule has 0 bridgehead atoms. The van der Waals surface area contributed by atoms with E-state index in [9.17, 15) is 4.79 Å². The first-order chi connectivity index (χ1) is 11.6. The second kappa shape index (κ2) is 7.88. The van der Waals surface area contributed by atoms with Gasteiger partial charge in [0.05, 0.1) is 12.2 Å². The van der Waals surface area contributed by atoms with Crippen molar-refractivity contribution in [2.75, 3.05) is 31.5 Å². The van der Waals surface area contributed by atoms with E-state index in [1.165, 1.54) is 0 Å². The second-order valence-corrected chi connectivity index (χ2v) is 6.86. The number of benzene rings is 1. The normalized spacial score (nSPS) is 18.3. The first-order valence-corrected chi connectivity index (χ1v) is 8.83. The molecule has 2 heterocycles. The Morgan fingerprint density at radius 3 is 3.08 bits per heavy atom. The van der Waals surface area contributed by atoms with Crippen LogP contribution in [0.5, 0.6) is 0 Å². The van der Waals surface area contributed by atoms with E-state index >= 15 is 0 Å². The predicted octanol–water partition coefficient (Wildman–Crippen LogP) is 2.74. The highest BCUT2D eigenvalue weighted by Gasteiger charge is 2.25. The van der Waals surface area contributed by atoms with Gasteiger partial charge in [-0.3, -0.25) is 14.7 Å². The summed E-state index contributed by atoms with van der Waals surface area (Å²) >= 11 is 3.50. The maximum Gasteiger partial charge on any atom is 0.238 e. The lowest BCUT2D eigenvalue weighted by Gasteiger charge is -2.35. The molecule has 1 amide bonds. The van der Waals surface area contributed by atoms with Crippen molar-refractivity contribution in [2.24, 2.45) is 0 Å². The van der Waals surface area contributed by atoms with Gasteiger partial charge in [-0.05, 0) is 52.2 Å². The highest BCUT2D eigenvalue weighted by Crippen LogP contribution is 2.24. The first-order valence-electron chi connectivity index (χ1n) is 8.04. The molecule has 126 valence electrons. The highest BCUT2D eigenvalue weighted by atomic mass is 79.9. The van der Waals surface area contributed by atoms with Crippen molar-refractivity contribution in [2.45, 2.75) is 13.0 Å². The third-order valence-electron chi connectivity index (χ3n) is 4.17. The number of piperazine rings is 1. The van der Waals surface area contributed by atoms with Gasteiger partial charge in [-0.15, -0.1) is 0 Å². The Morgan fingerprint density at radius 2 is 2.33 bits per heavy atom. The summed E-state index contributed by atoms with van der Waals surface area (Å²) in [6.45, 7) is 4.94. The molecule has 24 heavy (non-hydrogen) atoms. The summed E-state index contributed by atoms with van der Waals surface area (Å²) in [6, 6.07) is 10.1. The van der Waals surface area contributed by atoms with E-state index in [-0.39, 0.29) is 11.9 Å². The number of hydrogen-bond acceptors (Lipinski definition) is 4. The zero-order chi connectivity index (χ0) is 16.9. The fourth-order valence-corrected chi connectivity index (χ4v) is 3.53. The monoisotopic (exact) mass is 388 g/mol. The average molecular weight is 389 g/mol. The molecule has 2 N–H and O–H groups in total. The van der Waals surface area contributed by atoms with Gasteiger partial charge in [-0.25, -0.2) is 0 Å². The van der Waals surface area contributed by atoms with Crippen LogP contribution in [0, 0.1) is 6.92 Å². The number of nitrogens with zero attached hydrogens (tertiary/aromatic N) is 2. The molecular weight excluding hydrogens is 368 g/mol. The Kier molecular flexibility index (Phi) is 5.60. The van der Waals surface area contributed by atoms with E-state index in [1.807, 2.05) is 37.4 Å². The van der Waals surface area contributed by atoms with E-state index < -0.39 is 0 Å². The highest BCUT2D eigenvalue weighted by molar-refractivity contribution is 9.10. The molecule has 1 aromatic carbocycles. The van der Waals surface area contributed by atoms with Crippen LogP contribution in [0.2, 0.25) is 0 Å². The molecule has 1 saturated heterocycles. The molecule has 6 heteroatoms. The van der Waals surface area contributed by atoms with Crippen molar-refractivity contribution < 1.29 is 4.79 Å². The first kappa shape index (κ1) is 17.1. The van der Waals surface area contributed by atoms with Crippen LogP contribution < -0.4 is 10.6 Å². The number of aromatic nitrogens is 1. The van der Waals surface area contributed by atoms with Gasteiger partial charge >= 0.3 is 0 Å². The van der Waals surface area contributed by atoms with Gasteiger partial charge in [0.2, 0.25) is 5.91 Å². The summed E-state index contributed by atoms with van der Waals surface area (Å²) in [6.07, 6.45) is 3.64. The van der Waals surface area contributed by atoms with E-state index in [4.69, 9.17) is 0 Å². The number of nitrogens with one attached hydrogen (secondary N) is 2. The smallest absolute Gasteiger partial charge is 0.238 e. The van der Waals surface area contributed by atoms with Crippen molar-refractivity contribution in [3.8, 4) is 0 Å². The van der Waals surface area contributed by atoms with Crippen LogP contribution in [0.3, 0.4) is 0 Å². The summed E-state index contributed by atoms with van der Waals surface area (Å²) in [5, 5.41) is 6.39. The topological polar surface area (TPSA) is 57.3 Å². The summed E-state index contributed by atoms with van der Waals surface area (Å²) in [4.78, 5) is 18.9. The van der Waals surface area contributed by atoms with Crippen LogP contribution in [-0.2, 0) is 4.79 Å². The second-order valence-electron chi connectivity index (χ2n) is 6.01. The maximum absolute atomic E-state index is 12.5. The van der Waals surface area contributed by atoms with Gasteiger partial charge in [-0.1, -0.05) is 12.1 Å². The number of carbonyl (C=O) groups is 1. The van der Waals surface area contributed by atoms with E-state index in [0.717, 1.165) is 40.9 Å². The minimum Gasteiger partial charge on any atom is -0.324 e. The number of rotatable bonds is 4. The molecule has 0 aliphatic carbocycles. The van der Waals surface area contributed by atoms with Crippen molar-refractivity contribution in [3.05, 3.63) is 58.3 Å². The molecule has 1 fully saturated rings. The lowest BCUT2D eigenvalue weighted by Crippen LogP contribution is -2.48. The lowest BCUT2D eigenvalue weighted by atomic mass is 10.1. The fraction of sp³-hybridized carbons (Fsp3) is 0.333. The number of amides is 1. The minimum atomic E-state index is -0.00431. The number of carbonyl (C=O) groups excluding carboxylic acids is 1. The molecule has 1 aliphatic heterocycles. The lowest BCUT2D eigenvalue weighted by molar-refractivity contribution is -0.118. The summed E-state index contributed by atoms with van der Waals surface area (Å²) in [5.41, 5.74) is 3.09. The number of pyridine rings is 1. The molecule has 2 aromatic rings. The van der Waals surface area contributed by atoms with Crippen LogP contribution in [0.25, 0.3) is 0 Å². The molecule has 0 radical (unpaired) electrons. The van der Waals surface area contributed by atoms with Crippen molar-refractivity contribution >= 4 is 27.5 Å². The molecule has 0 spiro atoms. The summed E-state index contributed by atoms with van der Waals surface area (Å²) in [7, 11) is 0. The third kappa shape index (κ3) is 4.20. The van der Waals surface area contributed by atoms with Crippen molar-refractivity contribution in [1.29, 1.82) is 0 Å². The van der Waals surface area contributed by atoms with Crippen molar-refractivity contribution in [3.63, 3.8) is 0 Å².